The minimum Gasteiger partial charge on any atom is -0.325 e. The van der Waals surface area contributed by atoms with E-state index >= 15 is 0 Å². The van der Waals surface area contributed by atoms with E-state index in [1.165, 1.54) is 24.5 Å². The van der Waals surface area contributed by atoms with Gasteiger partial charge >= 0.3 is 0 Å². The number of piperidine rings is 1. The van der Waals surface area contributed by atoms with Crippen molar-refractivity contribution >= 4 is 21.6 Å². The van der Waals surface area contributed by atoms with Crippen molar-refractivity contribution in [3.05, 3.63) is 23.8 Å². The first kappa shape index (κ1) is 16.9. The average molecular weight is 325 g/mol. The average Bonchev–Trinajstić information content (AvgIpc) is 2.49. The molecular weight excluding hydrogens is 302 g/mol. The topological polar surface area (TPSA) is 78.5 Å². The van der Waals surface area contributed by atoms with Crippen LogP contribution >= 0.6 is 0 Å². The standard InChI is InChI=1S/C15H23N3O3S/c1-11-7-8-12(10-14(11)22(20,21)18(2)3)17-15(19)13-6-4-5-9-16-13/h7-8,10,13,16H,4-6,9H2,1-3H3,(H,17,19)/t13-/m1/s1. The highest BCUT2D eigenvalue weighted by Crippen LogP contribution is 2.22. The molecule has 1 aromatic carbocycles. The lowest BCUT2D eigenvalue weighted by Gasteiger charge is -2.23. The molecule has 1 atom stereocenters. The van der Waals surface area contributed by atoms with Crippen molar-refractivity contribution < 1.29 is 13.2 Å². The number of anilines is 1. The molecule has 0 unspecified atom stereocenters. The molecule has 0 radical (unpaired) electrons. The third kappa shape index (κ3) is 3.66. The Morgan fingerprint density at radius 2 is 2.05 bits per heavy atom. The van der Waals surface area contributed by atoms with E-state index in [1.807, 2.05) is 0 Å². The van der Waals surface area contributed by atoms with Crippen molar-refractivity contribution in [2.24, 2.45) is 0 Å². The Morgan fingerprint density at radius 3 is 2.64 bits per heavy atom. The van der Waals surface area contributed by atoms with E-state index < -0.39 is 10.0 Å². The summed E-state index contributed by atoms with van der Waals surface area (Å²) in [4.78, 5) is 12.4. The summed E-state index contributed by atoms with van der Waals surface area (Å²) < 4.78 is 25.8. The first-order chi connectivity index (χ1) is 10.3. The van der Waals surface area contributed by atoms with Crippen LogP contribution in [0.1, 0.15) is 24.8 Å². The number of carbonyl (C=O) groups excluding carboxylic acids is 1. The number of rotatable bonds is 4. The smallest absolute Gasteiger partial charge is 0.242 e. The largest absolute Gasteiger partial charge is 0.325 e. The van der Waals surface area contributed by atoms with Gasteiger partial charge in [0.2, 0.25) is 15.9 Å². The van der Waals surface area contributed by atoms with Gasteiger partial charge in [-0.15, -0.1) is 0 Å². The predicted octanol–water partition coefficient (Wildman–Crippen LogP) is 1.33. The number of aryl methyl sites for hydroxylation is 1. The van der Waals surface area contributed by atoms with Crippen LogP contribution in [0.25, 0.3) is 0 Å². The molecule has 1 aliphatic rings. The molecule has 1 saturated heterocycles. The van der Waals surface area contributed by atoms with Gasteiger partial charge in [0.25, 0.3) is 0 Å². The molecule has 2 rings (SSSR count). The van der Waals surface area contributed by atoms with Gasteiger partial charge in [-0.25, -0.2) is 12.7 Å². The SMILES string of the molecule is Cc1ccc(NC(=O)[C@H]2CCCCN2)cc1S(=O)(=O)N(C)C. The molecule has 2 N–H and O–H groups in total. The summed E-state index contributed by atoms with van der Waals surface area (Å²) in [6.07, 6.45) is 2.92. The van der Waals surface area contributed by atoms with Crippen LogP contribution in [0.5, 0.6) is 0 Å². The summed E-state index contributed by atoms with van der Waals surface area (Å²) >= 11 is 0. The third-order valence-electron chi connectivity index (χ3n) is 3.84. The number of hydrogen-bond donors (Lipinski definition) is 2. The maximum atomic E-state index is 12.3. The van der Waals surface area contributed by atoms with E-state index in [0.717, 1.165) is 25.8 Å². The number of amides is 1. The third-order valence-corrected chi connectivity index (χ3v) is 5.80. The summed E-state index contributed by atoms with van der Waals surface area (Å²) in [7, 11) is -0.540. The van der Waals surface area contributed by atoms with Gasteiger partial charge in [0.15, 0.2) is 0 Å². The Hall–Kier alpha value is -1.44. The van der Waals surface area contributed by atoms with E-state index in [-0.39, 0.29) is 16.8 Å². The van der Waals surface area contributed by atoms with Gasteiger partial charge < -0.3 is 10.6 Å². The fraction of sp³-hybridized carbons (Fsp3) is 0.533. The highest BCUT2D eigenvalue weighted by Gasteiger charge is 2.23. The molecule has 7 heteroatoms. The van der Waals surface area contributed by atoms with Gasteiger partial charge in [-0.1, -0.05) is 12.5 Å². The Bertz CT molecular complexity index is 650. The molecule has 1 fully saturated rings. The number of benzene rings is 1. The van der Waals surface area contributed by atoms with Gasteiger partial charge in [-0.3, -0.25) is 4.79 Å². The van der Waals surface area contributed by atoms with Crippen LogP contribution in [0.3, 0.4) is 0 Å². The normalized spacial score (nSPS) is 19.2. The van der Waals surface area contributed by atoms with Crippen LogP contribution < -0.4 is 10.6 Å². The van der Waals surface area contributed by atoms with Crippen molar-refractivity contribution in [3.8, 4) is 0 Å². The molecule has 0 aliphatic carbocycles. The molecule has 0 saturated carbocycles. The van der Waals surface area contributed by atoms with Gasteiger partial charge in [-0.2, -0.15) is 0 Å². The van der Waals surface area contributed by atoms with Gasteiger partial charge in [-0.05, 0) is 44.0 Å². The van der Waals surface area contributed by atoms with E-state index in [2.05, 4.69) is 10.6 Å². The van der Waals surface area contributed by atoms with Crippen molar-refractivity contribution in [3.63, 3.8) is 0 Å². The second-order valence-corrected chi connectivity index (χ2v) is 7.88. The molecule has 0 aromatic heterocycles. The molecule has 0 bridgehead atoms. The zero-order valence-corrected chi connectivity index (χ0v) is 14.0. The Labute approximate surface area is 131 Å². The maximum absolute atomic E-state index is 12.3. The number of sulfonamides is 1. The van der Waals surface area contributed by atoms with Crippen LogP contribution in [0.2, 0.25) is 0 Å². The zero-order chi connectivity index (χ0) is 16.3. The quantitative estimate of drug-likeness (QED) is 0.875. The van der Waals surface area contributed by atoms with Crippen molar-refractivity contribution in [2.45, 2.75) is 37.1 Å². The number of nitrogens with zero attached hydrogens (tertiary/aromatic N) is 1. The summed E-state index contributed by atoms with van der Waals surface area (Å²) in [6.45, 7) is 2.58. The van der Waals surface area contributed by atoms with Crippen molar-refractivity contribution in [1.29, 1.82) is 0 Å². The maximum Gasteiger partial charge on any atom is 0.242 e. The lowest BCUT2D eigenvalue weighted by atomic mass is 10.0. The number of hydrogen-bond acceptors (Lipinski definition) is 4. The Morgan fingerprint density at radius 1 is 1.32 bits per heavy atom. The van der Waals surface area contributed by atoms with Crippen LogP contribution in [-0.2, 0) is 14.8 Å². The number of nitrogens with one attached hydrogen (secondary N) is 2. The molecule has 0 spiro atoms. The summed E-state index contributed by atoms with van der Waals surface area (Å²) in [5.41, 5.74) is 1.16. The number of carbonyl (C=O) groups is 1. The second kappa shape index (κ2) is 6.76. The van der Waals surface area contributed by atoms with E-state index in [4.69, 9.17) is 0 Å². The molecule has 1 heterocycles. The Kier molecular flexibility index (Phi) is 5.20. The van der Waals surface area contributed by atoms with E-state index in [1.54, 1.807) is 19.1 Å². The Balaban J connectivity index is 2.21. The van der Waals surface area contributed by atoms with Crippen molar-refractivity contribution in [2.75, 3.05) is 26.0 Å². The highest BCUT2D eigenvalue weighted by atomic mass is 32.2. The lowest BCUT2D eigenvalue weighted by Crippen LogP contribution is -2.43. The van der Waals surface area contributed by atoms with Crippen LogP contribution in [0.4, 0.5) is 5.69 Å². The lowest BCUT2D eigenvalue weighted by molar-refractivity contribution is -0.118. The summed E-state index contributed by atoms with van der Waals surface area (Å²) in [6, 6.07) is 4.75. The van der Waals surface area contributed by atoms with Crippen LogP contribution in [0, 0.1) is 6.92 Å². The van der Waals surface area contributed by atoms with Crippen LogP contribution in [-0.4, -0.2) is 45.3 Å². The molecule has 22 heavy (non-hydrogen) atoms. The minimum atomic E-state index is -3.52. The predicted molar refractivity (Wildman–Crippen MR) is 86.3 cm³/mol. The van der Waals surface area contributed by atoms with Gasteiger partial charge in [0, 0.05) is 19.8 Å². The second-order valence-electron chi connectivity index (χ2n) is 5.76. The monoisotopic (exact) mass is 325 g/mol. The highest BCUT2D eigenvalue weighted by molar-refractivity contribution is 7.89. The molecule has 1 aromatic rings. The van der Waals surface area contributed by atoms with Crippen molar-refractivity contribution in [1.82, 2.24) is 9.62 Å². The molecule has 6 nitrogen and oxygen atoms in total. The molecule has 1 aliphatic heterocycles. The van der Waals surface area contributed by atoms with Gasteiger partial charge in [0.1, 0.15) is 0 Å². The molecule has 122 valence electrons. The minimum absolute atomic E-state index is 0.114. The first-order valence-corrected chi connectivity index (χ1v) is 8.84. The van der Waals surface area contributed by atoms with E-state index in [9.17, 15) is 13.2 Å². The fourth-order valence-corrected chi connectivity index (χ4v) is 3.60. The van der Waals surface area contributed by atoms with Gasteiger partial charge in [0.05, 0.1) is 10.9 Å². The van der Waals surface area contributed by atoms with Crippen LogP contribution in [0.15, 0.2) is 23.1 Å². The summed E-state index contributed by atoms with van der Waals surface area (Å²) in [5, 5.41) is 5.98. The fourth-order valence-electron chi connectivity index (χ4n) is 2.46. The zero-order valence-electron chi connectivity index (χ0n) is 13.2. The molecule has 1 amide bonds. The summed E-state index contributed by atoms with van der Waals surface area (Å²) in [5.74, 6) is -0.114. The van der Waals surface area contributed by atoms with E-state index in [0.29, 0.717) is 11.3 Å². The first-order valence-electron chi connectivity index (χ1n) is 7.40. The molecular formula is C15H23N3O3S.